The van der Waals surface area contributed by atoms with E-state index < -0.39 is 0 Å². The molecule has 0 radical (unpaired) electrons. The minimum atomic E-state index is 0.00814. The monoisotopic (exact) mass is 328 g/mol. The summed E-state index contributed by atoms with van der Waals surface area (Å²) in [6.07, 6.45) is 5.61. The lowest BCUT2D eigenvalue weighted by Crippen LogP contribution is -2.46. The van der Waals surface area contributed by atoms with Crippen LogP contribution in [0.5, 0.6) is 0 Å². The molecule has 1 aliphatic rings. The van der Waals surface area contributed by atoms with Crippen molar-refractivity contribution in [1.82, 2.24) is 19.8 Å². The van der Waals surface area contributed by atoms with E-state index in [2.05, 4.69) is 59.6 Å². The number of piperazine rings is 1. The summed E-state index contributed by atoms with van der Waals surface area (Å²) in [5, 5.41) is 0. The molecule has 1 unspecified atom stereocenters. The molecule has 0 bridgehead atoms. The Labute approximate surface area is 144 Å². The maximum absolute atomic E-state index is 6.01. The minimum absolute atomic E-state index is 0.00814. The number of hydrogen-bond acceptors (Lipinski definition) is 5. The van der Waals surface area contributed by atoms with Gasteiger partial charge in [-0.15, -0.1) is 0 Å². The van der Waals surface area contributed by atoms with Gasteiger partial charge in [-0.3, -0.25) is 14.8 Å². The van der Waals surface area contributed by atoms with Gasteiger partial charge in [0.2, 0.25) is 5.89 Å². The highest BCUT2D eigenvalue weighted by Crippen LogP contribution is 2.27. The van der Waals surface area contributed by atoms with Gasteiger partial charge in [0, 0.05) is 50.5 Å². The molecule has 5 heteroatoms. The molecule has 130 valence electrons. The highest BCUT2D eigenvalue weighted by Gasteiger charge is 2.27. The molecule has 24 heavy (non-hydrogen) atoms. The number of hydrogen-bond donors (Lipinski definition) is 0. The van der Waals surface area contributed by atoms with Gasteiger partial charge in [-0.05, 0) is 24.6 Å². The molecule has 2 aromatic rings. The minimum Gasteiger partial charge on any atom is -0.443 e. The summed E-state index contributed by atoms with van der Waals surface area (Å²) in [6, 6.07) is 4.41. The van der Waals surface area contributed by atoms with Crippen molar-refractivity contribution in [2.24, 2.45) is 0 Å². The van der Waals surface area contributed by atoms with E-state index in [0.717, 1.165) is 44.4 Å². The van der Waals surface area contributed by atoms with Gasteiger partial charge in [-0.25, -0.2) is 4.98 Å². The number of oxazole rings is 1. The summed E-state index contributed by atoms with van der Waals surface area (Å²) in [7, 11) is 0. The molecule has 1 aliphatic heterocycles. The SMILES string of the molecule is CC(c1ncc(C(C)(C)C)o1)N1CCN(Cc2ccncc2)CC1. The Morgan fingerprint density at radius 1 is 1.12 bits per heavy atom. The van der Waals surface area contributed by atoms with Crippen molar-refractivity contribution in [2.75, 3.05) is 26.2 Å². The average Bonchev–Trinajstić information content (AvgIpc) is 3.06. The second kappa shape index (κ2) is 7.03. The summed E-state index contributed by atoms with van der Waals surface area (Å²) in [5.41, 5.74) is 1.34. The zero-order valence-electron chi connectivity index (χ0n) is 15.2. The van der Waals surface area contributed by atoms with Crippen LogP contribution in [0.25, 0.3) is 0 Å². The molecule has 1 fully saturated rings. The van der Waals surface area contributed by atoms with E-state index in [-0.39, 0.29) is 11.5 Å². The van der Waals surface area contributed by atoms with E-state index in [1.165, 1.54) is 5.56 Å². The van der Waals surface area contributed by atoms with Gasteiger partial charge >= 0.3 is 0 Å². The maximum Gasteiger partial charge on any atom is 0.211 e. The van der Waals surface area contributed by atoms with Crippen LogP contribution >= 0.6 is 0 Å². The van der Waals surface area contributed by atoms with Gasteiger partial charge in [-0.2, -0.15) is 0 Å². The fourth-order valence-electron chi connectivity index (χ4n) is 3.04. The molecule has 1 atom stereocenters. The van der Waals surface area contributed by atoms with Crippen LogP contribution in [0.15, 0.2) is 35.1 Å². The van der Waals surface area contributed by atoms with Crippen molar-refractivity contribution >= 4 is 0 Å². The van der Waals surface area contributed by atoms with Gasteiger partial charge in [0.1, 0.15) is 5.76 Å². The van der Waals surface area contributed by atoms with Crippen molar-refractivity contribution in [2.45, 2.75) is 45.7 Å². The summed E-state index contributed by atoms with van der Waals surface area (Å²) in [6.45, 7) is 13.9. The molecule has 0 aliphatic carbocycles. The molecule has 0 amide bonds. The van der Waals surface area contributed by atoms with Crippen molar-refractivity contribution in [1.29, 1.82) is 0 Å². The molecule has 3 rings (SSSR count). The number of rotatable bonds is 4. The third-order valence-corrected chi connectivity index (χ3v) is 4.73. The lowest BCUT2D eigenvalue weighted by molar-refractivity contribution is 0.0863. The largest absolute Gasteiger partial charge is 0.443 e. The maximum atomic E-state index is 6.01. The highest BCUT2D eigenvalue weighted by molar-refractivity contribution is 5.10. The van der Waals surface area contributed by atoms with Gasteiger partial charge in [0.25, 0.3) is 0 Å². The van der Waals surface area contributed by atoms with Crippen molar-refractivity contribution in [3.8, 4) is 0 Å². The Morgan fingerprint density at radius 3 is 2.38 bits per heavy atom. The first-order valence-corrected chi connectivity index (χ1v) is 8.75. The van der Waals surface area contributed by atoms with E-state index in [4.69, 9.17) is 4.42 Å². The third kappa shape index (κ3) is 4.02. The summed E-state index contributed by atoms with van der Waals surface area (Å²) >= 11 is 0. The Balaban J connectivity index is 1.55. The molecule has 0 spiro atoms. The van der Waals surface area contributed by atoms with Crippen LogP contribution in [0.2, 0.25) is 0 Å². The molecular formula is C19H28N4O. The second-order valence-electron chi connectivity index (χ2n) is 7.66. The van der Waals surface area contributed by atoms with Crippen molar-refractivity contribution < 1.29 is 4.42 Å². The predicted octanol–water partition coefficient (Wildman–Crippen LogP) is 3.25. The molecule has 5 nitrogen and oxygen atoms in total. The summed E-state index contributed by atoms with van der Waals surface area (Å²) < 4.78 is 6.01. The van der Waals surface area contributed by atoms with Crippen LogP contribution in [-0.4, -0.2) is 45.9 Å². The number of nitrogens with zero attached hydrogens (tertiary/aromatic N) is 4. The normalized spacial score (nSPS) is 18.7. The molecule has 0 aromatic carbocycles. The van der Waals surface area contributed by atoms with E-state index in [1.54, 1.807) is 0 Å². The smallest absolute Gasteiger partial charge is 0.211 e. The van der Waals surface area contributed by atoms with Crippen LogP contribution in [0.1, 0.15) is 51.0 Å². The van der Waals surface area contributed by atoms with Crippen LogP contribution in [0, 0.1) is 0 Å². The topological polar surface area (TPSA) is 45.4 Å². The number of pyridine rings is 1. The van der Waals surface area contributed by atoms with E-state index in [0.29, 0.717) is 0 Å². The van der Waals surface area contributed by atoms with E-state index in [9.17, 15) is 0 Å². The molecule has 1 saturated heterocycles. The highest BCUT2D eigenvalue weighted by atomic mass is 16.4. The molecule has 0 N–H and O–H groups in total. The molecular weight excluding hydrogens is 300 g/mol. The Bertz CT molecular complexity index is 639. The predicted molar refractivity (Wildman–Crippen MR) is 94.7 cm³/mol. The van der Waals surface area contributed by atoms with E-state index >= 15 is 0 Å². The molecule has 3 heterocycles. The van der Waals surface area contributed by atoms with Crippen LogP contribution < -0.4 is 0 Å². The standard InChI is InChI=1S/C19H28N4O/c1-15(18-21-13-17(24-18)19(2,3)4)23-11-9-22(10-12-23)14-16-5-7-20-8-6-16/h5-8,13,15H,9-12,14H2,1-4H3. The second-order valence-corrected chi connectivity index (χ2v) is 7.66. The fraction of sp³-hybridized carbons (Fsp3) is 0.579. The van der Waals surface area contributed by atoms with E-state index in [1.807, 2.05) is 18.6 Å². The van der Waals surface area contributed by atoms with Crippen LogP contribution in [0.4, 0.5) is 0 Å². The molecule has 0 saturated carbocycles. The first-order valence-electron chi connectivity index (χ1n) is 8.75. The first-order chi connectivity index (χ1) is 11.4. The zero-order chi connectivity index (χ0) is 17.2. The summed E-state index contributed by atoms with van der Waals surface area (Å²) in [5.74, 6) is 1.79. The number of aromatic nitrogens is 2. The first kappa shape index (κ1) is 17.1. The van der Waals surface area contributed by atoms with Gasteiger partial charge < -0.3 is 4.42 Å². The van der Waals surface area contributed by atoms with Crippen molar-refractivity contribution in [3.05, 3.63) is 47.9 Å². The third-order valence-electron chi connectivity index (χ3n) is 4.73. The van der Waals surface area contributed by atoms with Crippen LogP contribution in [-0.2, 0) is 12.0 Å². The quantitative estimate of drug-likeness (QED) is 0.862. The van der Waals surface area contributed by atoms with Gasteiger partial charge in [0.05, 0.1) is 12.2 Å². The Hall–Kier alpha value is -1.72. The Kier molecular flexibility index (Phi) is 5.01. The molecule has 2 aromatic heterocycles. The fourth-order valence-corrected chi connectivity index (χ4v) is 3.04. The van der Waals surface area contributed by atoms with Gasteiger partial charge in [0.15, 0.2) is 0 Å². The summed E-state index contributed by atoms with van der Waals surface area (Å²) in [4.78, 5) is 13.6. The lowest BCUT2D eigenvalue weighted by atomic mass is 9.94. The van der Waals surface area contributed by atoms with Crippen molar-refractivity contribution in [3.63, 3.8) is 0 Å². The zero-order valence-corrected chi connectivity index (χ0v) is 15.2. The average molecular weight is 328 g/mol. The van der Waals surface area contributed by atoms with Crippen LogP contribution in [0.3, 0.4) is 0 Å². The Morgan fingerprint density at radius 2 is 1.79 bits per heavy atom. The lowest BCUT2D eigenvalue weighted by Gasteiger charge is -2.37. The van der Waals surface area contributed by atoms with Gasteiger partial charge in [-0.1, -0.05) is 20.8 Å².